The van der Waals surface area contributed by atoms with Gasteiger partial charge in [0, 0.05) is 11.6 Å². The smallest absolute Gasteiger partial charge is 0.231 e. The molecule has 1 aromatic carbocycles. The first-order valence-corrected chi connectivity index (χ1v) is 6.00. The summed E-state index contributed by atoms with van der Waals surface area (Å²) in [4.78, 5) is 0. The SMILES string of the molecule is Cl.N[C@H](c1cccc2c1OCO2)C1CCCC1. The molecule has 1 aliphatic carbocycles. The molecule has 0 spiro atoms. The minimum Gasteiger partial charge on any atom is -0.454 e. The zero-order valence-electron chi connectivity index (χ0n) is 9.72. The second-order valence-corrected chi connectivity index (χ2v) is 4.65. The molecular weight excluding hydrogens is 238 g/mol. The average Bonchev–Trinajstić information content (AvgIpc) is 2.98. The maximum atomic E-state index is 6.34. The summed E-state index contributed by atoms with van der Waals surface area (Å²) in [5.74, 6) is 2.31. The van der Waals surface area contributed by atoms with E-state index in [0.29, 0.717) is 12.7 Å². The van der Waals surface area contributed by atoms with E-state index >= 15 is 0 Å². The highest BCUT2D eigenvalue weighted by molar-refractivity contribution is 5.85. The number of hydrogen-bond donors (Lipinski definition) is 1. The van der Waals surface area contributed by atoms with Crippen molar-refractivity contribution in [1.82, 2.24) is 0 Å². The fourth-order valence-electron chi connectivity index (χ4n) is 2.79. The second-order valence-electron chi connectivity index (χ2n) is 4.65. The summed E-state index contributed by atoms with van der Waals surface area (Å²) in [5, 5.41) is 0. The molecule has 0 saturated heterocycles. The molecule has 1 aromatic rings. The van der Waals surface area contributed by atoms with Gasteiger partial charge in [0.15, 0.2) is 11.5 Å². The molecule has 1 atom stereocenters. The van der Waals surface area contributed by atoms with Crippen LogP contribution in [0.5, 0.6) is 11.5 Å². The Hall–Kier alpha value is -0.930. The molecule has 0 amide bonds. The molecule has 0 aromatic heterocycles. The van der Waals surface area contributed by atoms with Crippen LogP contribution in [-0.4, -0.2) is 6.79 Å². The molecule has 0 unspecified atom stereocenters. The van der Waals surface area contributed by atoms with Gasteiger partial charge in [-0.2, -0.15) is 0 Å². The molecule has 1 heterocycles. The number of halogens is 1. The van der Waals surface area contributed by atoms with E-state index in [9.17, 15) is 0 Å². The Labute approximate surface area is 108 Å². The van der Waals surface area contributed by atoms with Gasteiger partial charge in [-0.3, -0.25) is 0 Å². The van der Waals surface area contributed by atoms with Crippen molar-refractivity contribution in [2.75, 3.05) is 6.79 Å². The summed E-state index contributed by atoms with van der Waals surface area (Å²) in [5.41, 5.74) is 7.45. The highest BCUT2D eigenvalue weighted by Crippen LogP contribution is 2.42. The molecule has 3 nitrogen and oxygen atoms in total. The van der Waals surface area contributed by atoms with Gasteiger partial charge in [0.25, 0.3) is 0 Å². The molecule has 1 saturated carbocycles. The Balaban J connectivity index is 0.00000108. The quantitative estimate of drug-likeness (QED) is 0.884. The first-order valence-electron chi connectivity index (χ1n) is 6.00. The van der Waals surface area contributed by atoms with Gasteiger partial charge < -0.3 is 15.2 Å². The van der Waals surface area contributed by atoms with Gasteiger partial charge in [-0.1, -0.05) is 25.0 Å². The van der Waals surface area contributed by atoms with Crippen LogP contribution in [0.3, 0.4) is 0 Å². The topological polar surface area (TPSA) is 44.5 Å². The van der Waals surface area contributed by atoms with E-state index in [2.05, 4.69) is 6.07 Å². The van der Waals surface area contributed by atoms with Gasteiger partial charge >= 0.3 is 0 Å². The highest BCUT2D eigenvalue weighted by atomic mass is 35.5. The van der Waals surface area contributed by atoms with Crippen molar-refractivity contribution >= 4 is 12.4 Å². The Kier molecular flexibility index (Phi) is 3.79. The van der Waals surface area contributed by atoms with Crippen LogP contribution >= 0.6 is 12.4 Å². The van der Waals surface area contributed by atoms with Crippen LogP contribution in [0.1, 0.15) is 37.3 Å². The van der Waals surface area contributed by atoms with Gasteiger partial charge in [0.1, 0.15) is 0 Å². The largest absolute Gasteiger partial charge is 0.454 e. The molecule has 4 heteroatoms. The van der Waals surface area contributed by atoms with E-state index in [0.717, 1.165) is 17.1 Å². The standard InChI is InChI=1S/C13H17NO2.ClH/c14-12(9-4-1-2-5-9)10-6-3-7-11-13(10)16-8-15-11;/h3,6-7,9,12H,1-2,4-5,8,14H2;1H/t12-;/m0./s1. The van der Waals surface area contributed by atoms with Gasteiger partial charge in [-0.05, 0) is 24.8 Å². The van der Waals surface area contributed by atoms with E-state index < -0.39 is 0 Å². The average molecular weight is 256 g/mol. The van der Waals surface area contributed by atoms with Gasteiger partial charge in [0.05, 0.1) is 0 Å². The van der Waals surface area contributed by atoms with E-state index in [1.165, 1.54) is 25.7 Å². The molecule has 0 radical (unpaired) electrons. The van der Waals surface area contributed by atoms with Crippen LogP contribution < -0.4 is 15.2 Å². The first kappa shape index (κ1) is 12.5. The summed E-state index contributed by atoms with van der Waals surface area (Å²) in [6.45, 7) is 0.323. The van der Waals surface area contributed by atoms with Crippen molar-refractivity contribution in [2.24, 2.45) is 11.7 Å². The van der Waals surface area contributed by atoms with Crippen LogP contribution in [-0.2, 0) is 0 Å². The number of ether oxygens (including phenoxy) is 2. The highest BCUT2D eigenvalue weighted by Gasteiger charge is 2.28. The lowest BCUT2D eigenvalue weighted by Gasteiger charge is -2.20. The summed E-state index contributed by atoms with van der Waals surface area (Å²) in [7, 11) is 0. The Morgan fingerprint density at radius 3 is 2.71 bits per heavy atom. The van der Waals surface area contributed by atoms with E-state index in [4.69, 9.17) is 15.2 Å². The molecule has 2 N–H and O–H groups in total. The number of fused-ring (bicyclic) bond motifs is 1. The Morgan fingerprint density at radius 1 is 1.18 bits per heavy atom. The number of rotatable bonds is 2. The lowest BCUT2D eigenvalue weighted by Crippen LogP contribution is -2.19. The molecule has 94 valence electrons. The molecule has 1 fully saturated rings. The van der Waals surface area contributed by atoms with E-state index in [-0.39, 0.29) is 18.4 Å². The van der Waals surface area contributed by atoms with Crippen LogP contribution in [0.25, 0.3) is 0 Å². The zero-order chi connectivity index (χ0) is 11.0. The number of nitrogens with two attached hydrogens (primary N) is 1. The van der Waals surface area contributed by atoms with Crippen molar-refractivity contribution in [1.29, 1.82) is 0 Å². The summed E-state index contributed by atoms with van der Waals surface area (Å²) in [6.07, 6.45) is 5.10. The molecular formula is C13H18ClNO2. The third kappa shape index (κ3) is 2.22. The predicted octanol–water partition coefficient (Wildman–Crippen LogP) is 3.03. The van der Waals surface area contributed by atoms with Gasteiger partial charge in [0.2, 0.25) is 6.79 Å². The first-order chi connectivity index (χ1) is 7.86. The summed E-state index contributed by atoms with van der Waals surface area (Å²) in [6, 6.07) is 6.10. The molecule has 1 aliphatic heterocycles. The Morgan fingerprint density at radius 2 is 1.94 bits per heavy atom. The minimum atomic E-state index is 0. The summed E-state index contributed by atoms with van der Waals surface area (Å²) >= 11 is 0. The van der Waals surface area contributed by atoms with Crippen molar-refractivity contribution in [3.8, 4) is 11.5 Å². The maximum Gasteiger partial charge on any atom is 0.231 e. The summed E-state index contributed by atoms with van der Waals surface area (Å²) < 4.78 is 10.9. The van der Waals surface area contributed by atoms with Crippen LogP contribution in [0.2, 0.25) is 0 Å². The minimum absolute atomic E-state index is 0. The molecule has 0 bridgehead atoms. The second kappa shape index (κ2) is 5.15. The number of hydrogen-bond acceptors (Lipinski definition) is 3. The van der Waals surface area contributed by atoms with Crippen molar-refractivity contribution < 1.29 is 9.47 Å². The molecule has 17 heavy (non-hydrogen) atoms. The monoisotopic (exact) mass is 255 g/mol. The lowest BCUT2D eigenvalue weighted by molar-refractivity contribution is 0.172. The normalized spacial score (nSPS) is 20.1. The van der Waals surface area contributed by atoms with E-state index in [1.54, 1.807) is 0 Å². The van der Waals surface area contributed by atoms with Crippen LogP contribution in [0.4, 0.5) is 0 Å². The third-order valence-electron chi connectivity index (χ3n) is 3.69. The fourth-order valence-corrected chi connectivity index (χ4v) is 2.79. The number of para-hydroxylation sites is 1. The molecule has 3 rings (SSSR count). The van der Waals surface area contributed by atoms with Crippen molar-refractivity contribution in [2.45, 2.75) is 31.7 Å². The molecule has 2 aliphatic rings. The van der Waals surface area contributed by atoms with Crippen LogP contribution in [0, 0.1) is 5.92 Å². The maximum absolute atomic E-state index is 6.34. The number of benzene rings is 1. The van der Waals surface area contributed by atoms with E-state index in [1.807, 2.05) is 12.1 Å². The predicted molar refractivity (Wildman–Crippen MR) is 68.7 cm³/mol. The fraction of sp³-hybridized carbons (Fsp3) is 0.538. The Bertz CT molecular complexity index is 391. The third-order valence-corrected chi connectivity index (χ3v) is 3.69. The lowest BCUT2D eigenvalue weighted by atomic mass is 9.92. The zero-order valence-corrected chi connectivity index (χ0v) is 10.5. The van der Waals surface area contributed by atoms with Crippen LogP contribution in [0.15, 0.2) is 18.2 Å². The van der Waals surface area contributed by atoms with Crippen molar-refractivity contribution in [3.63, 3.8) is 0 Å². The van der Waals surface area contributed by atoms with Crippen molar-refractivity contribution in [3.05, 3.63) is 23.8 Å². The van der Waals surface area contributed by atoms with Gasteiger partial charge in [-0.15, -0.1) is 12.4 Å². The van der Waals surface area contributed by atoms with Gasteiger partial charge in [-0.25, -0.2) is 0 Å².